The van der Waals surface area contributed by atoms with Gasteiger partial charge in [0.05, 0.1) is 13.3 Å². The Morgan fingerprint density at radius 3 is 2.54 bits per heavy atom. The summed E-state index contributed by atoms with van der Waals surface area (Å²) in [6.07, 6.45) is 1.29. The topological polar surface area (TPSA) is 65.0 Å². The van der Waals surface area contributed by atoms with Crippen LogP contribution in [-0.4, -0.2) is 21.7 Å². The second kappa shape index (κ2) is 8.16. The average Bonchev–Trinajstić information content (AvgIpc) is 3.21. The lowest BCUT2D eigenvalue weighted by Gasteiger charge is -2.13. The highest BCUT2D eigenvalue weighted by Crippen LogP contribution is 2.31. The van der Waals surface area contributed by atoms with Crippen molar-refractivity contribution in [1.82, 2.24) is 0 Å². The molecule has 0 bridgehead atoms. The Hall–Kier alpha value is -2.64. The van der Waals surface area contributed by atoms with Crippen molar-refractivity contribution in [3.63, 3.8) is 0 Å². The molecule has 0 aliphatic carbocycles. The number of ether oxygens (including phenoxy) is 2. The standard InChI is InChI=1S/C19H17NO4S2/c1-23-17-10-5-9-16(13-20-26(21,22)18-11-6-12-25-18)19(17)24-14-15-7-3-2-4-8-15/h2-13H,14H2,1H3/b20-13-. The van der Waals surface area contributed by atoms with E-state index in [2.05, 4.69) is 4.40 Å². The van der Waals surface area contributed by atoms with Crippen LogP contribution in [0.15, 0.2) is 74.7 Å². The quantitative estimate of drug-likeness (QED) is 0.572. The minimum Gasteiger partial charge on any atom is -0.493 e. The van der Waals surface area contributed by atoms with Crippen molar-refractivity contribution in [2.45, 2.75) is 10.8 Å². The molecular formula is C19H17NO4S2. The number of hydrogen-bond donors (Lipinski definition) is 0. The number of rotatable bonds is 7. The molecule has 0 radical (unpaired) electrons. The highest BCUT2D eigenvalue weighted by molar-refractivity contribution is 7.92. The Morgan fingerprint density at radius 1 is 1.04 bits per heavy atom. The monoisotopic (exact) mass is 387 g/mol. The van der Waals surface area contributed by atoms with E-state index in [9.17, 15) is 8.42 Å². The van der Waals surface area contributed by atoms with Crippen molar-refractivity contribution < 1.29 is 17.9 Å². The summed E-state index contributed by atoms with van der Waals surface area (Å²) < 4.78 is 39.7. The van der Waals surface area contributed by atoms with Crippen molar-refractivity contribution in [2.24, 2.45) is 4.40 Å². The number of hydrogen-bond acceptors (Lipinski definition) is 5. The molecule has 0 atom stereocenters. The largest absolute Gasteiger partial charge is 0.493 e. The van der Waals surface area contributed by atoms with Gasteiger partial charge in [0.1, 0.15) is 10.8 Å². The maximum Gasteiger partial charge on any atom is 0.291 e. The third kappa shape index (κ3) is 4.30. The lowest BCUT2D eigenvalue weighted by molar-refractivity contribution is 0.284. The minimum atomic E-state index is -3.73. The number of para-hydroxylation sites is 1. The summed E-state index contributed by atoms with van der Waals surface area (Å²) in [6.45, 7) is 0.333. The Bertz CT molecular complexity index is 982. The molecule has 3 aromatic rings. The minimum absolute atomic E-state index is 0.198. The Balaban J connectivity index is 1.88. The maximum atomic E-state index is 12.3. The number of thiophene rings is 1. The number of sulfonamides is 1. The molecule has 134 valence electrons. The van der Waals surface area contributed by atoms with Gasteiger partial charge in [-0.2, -0.15) is 12.8 Å². The number of benzene rings is 2. The van der Waals surface area contributed by atoms with E-state index in [1.165, 1.54) is 19.4 Å². The summed E-state index contributed by atoms with van der Waals surface area (Å²) in [4.78, 5) is 0. The van der Waals surface area contributed by atoms with E-state index in [1.54, 1.807) is 29.6 Å². The normalized spacial score (nSPS) is 11.6. The van der Waals surface area contributed by atoms with Crippen LogP contribution in [0.1, 0.15) is 11.1 Å². The molecule has 7 heteroatoms. The fraction of sp³-hybridized carbons (Fsp3) is 0.105. The van der Waals surface area contributed by atoms with Gasteiger partial charge in [-0.1, -0.05) is 42.5 Å². The van der Waals surface area contributed by atoms with Gasteiger partial charge < -0.3 is 9.47 Å². The van der Waals surface area contributed by atoms with Gasteiger partial charge in [0.25, 0.3) is 10.0 Å². The molecule has 0 saturated carbocycles. The molecule has 0 saturated heterocycles. The van der Waals surface area contributed by atoms with Gasteiger partial charge >= 0.3 is 0 Å². The van der Waals surface area contributed by atoms with Crippen LogP contribution in [0, 0.1) is 0 Å². The molecule has 26 heavy (non-hydrogen) atoms. The Kier molecular flexibility index (Phi) is 5.70. The van der Waals surface area contributed by atoms with Crippen molar-refractivity contribution >= 4 is 27.6 Å². The van der Waals surface area contributed by atoms with E-state index in [0.717, 1.165) is 16.9 Å². The van der Waals surface area contributed by atoms with Gasteiger partial charge in [0, 0.05) is 5.56 Å². The van der Waals surface area contributed by atoms with E-state index in [1.807, 2.05) is 30.3 Å². The van der Waals surface area contributed by atoms with E-state index in [0.29, 0.717) is 23.7 Å². The number of nitrogens with zero attached hydrogens (tertiary/aromatic N) is 1. The highest BCUT2D eigenvalue weighted by atomic mass is 32.2. The zero-order valence-corrected chi connectivity index (χ0v) is 15.7. The molecular weight excluding hydrogens is 370 g/mol. The van der Waals surface area contributed by atoms with E-state index in [-0.39, 0.29) is 4.21 Å². The first-order valence-corrected chi connectivity index (χ1v) is 10.1. The molecule has 3 rings (SSSR count). The van der Waals surface area contributed by atoms with Crippen LogP contribution in [-0.2, 0) is 16.6 Å². The van der Waals surface area contributed by atoms with Crippen molar-refractivity contribution in [2.75, 3.05) is 7.11 Å². The molecule has 5 nitrogen and oxygen atoms in total. The molecule has 0 amide bonds. The first-order valence-electron chi connectivity index (χ1n) is 7.78. The van der Waals surface area contributed by atoms with Gasteiger partial charge in [-0.25, -0.2) is 0 Å². The van der Waals surface area contributed by atoms with Crippen LogP contribution in [0.3, 0.4) is 0 Å². The van der Waals surface area contributed by atoms with Crippen LogP contribution < -0.4 is 9.47 Å². The van der Waals surface area contributed by atoms with Gasteiger partial charge in [0.2, 0.25) is 0 Å². The maximum absolute atomic E-state index is 12.3. The van der Waals surface area contributed by atoms with E-state index >= 15 is 0 Å². The van der Waals surface area contributed by atoms with E-state index < -0.39 is 10.0 Å². The van der Waals surface area contributed by atoms with Crippen LogP contribution >= 0.6 is 11.3 Å². The summed E-state index contributed by atoms with van der Waals surface area (Å²) in [5, 5.41) is 1.70. The van der Waals surface area contributed by atoms with Gasteiger partial charge in [0.15, 0.2) is 11.5 Å². The molecule has 0 spiro atoms. The third-order valence-electron chi connectivity index (χ3n) is 3.54. The average molecular weight is 387 g/mol. The van der Waals surface area contributed by atoms with Crippen molar-refractivity contribution in [3.05, 3.63) is 77.2 Å². The van der Waals surface area contributed by atoms with Crippen LogP contribution in [0.25, 0.3) is 0 Å². The first-order chi connectivity index (χ1) is 12.6. The zero-order chi connectivity index (χ0) is 18.4. The lowest BCUT2D eigenvalue weighted by atomic mass is 10.2. The fourth-order valence-corrected chi connectivity index (χ4v) is 4.11. The summed E-state index contributed by atoms with van der Waals surface area (Å²) in [5.41, 5.74) is 1.52. The van der Waals surface area contributed by atoms with Crippen LogP contribution in [0.2, 0.25) is 0 Å². The Labute approximate surface area is 156 Å². The summed E-state index contributed by atoms with van der Waals surface area (Å²) in [6, 6.07) is 18.1. The fourth-order valence-electron chi connectivity index (χ4n) is 2.27. The smallest absolute Gasteiger partial charge is 0.291 e. The Morgan fingerprint density at radius 2 is 1.85 bits per heavy atom. The predicted octanol–water partition coefficient (Wildman–Crippen LogP) is 4.14. The zero-order valence-electron chi connectivity index (χ0n) is 14.0. The molecule has 0 aliphatic rings. The van der Waals surface area contributed by atoms with Crippen LogP contribution in [0.5, 0.6) is 11.5 Å². The van der Waals surface area contributed by atoms with Crippen LogP contribution in [0.4, 0.5) is 0 Å². The molecule has 0 unspecified atom stereocenters. The molecule has 0 N–H and O–H groups in total. The van der Waals surface area contributed by atoms with Gasteiger partial charge in [-0.15, -0.1) is 11.3 Å². The SMILES string of the molecule is COc1cccc(/C=N\S(=O)(=O)c2cccs2)c1OCc1ccccc1. The summed E-state index contributed by atoms with van der Waals surface area (Å²) >= 11 is 1.13. The summed E-state index contributed by atoms with van der Waals surface area (Å²) in [7, 11) is -2.19. The molecule has 1 aromatic heterocycles. The van der Waals surface area contributed by atoms with Gasteiger partial charge in [-0.05, 0) is 29.1 Å². The molecule has 2 aromatic carbocycles. The van der Waals surface area contributed by atoms with Gasteiger partial charge in [-0.3, -0.25) is 0 Å². The van der Waals surface area contributed by atoms with Crippen molar-refractivity contribution in [3.8, 4) is 11.5 Å². The second-order valence-corrected chi connectivity index (χ2v) is 8.10. The molecule has 1 heterocycles. The number of methoxy groups -OCH3 is 1. The van der Waals surface area contributed by atoms with E-state index in [4.69, 9.17) is 9.47 Å². The lowest BCUT2D eigenvalue weighted by Crippen LogP contribution is -2.02. The molecule has 0 fully saturated rings. The predicted molar refractivity (Wildman–Crippen MR) is 103 cm³/mol. The molecule has 0 aliphatic heterocycles. The second-order valence-electron chi connectivity index (χ2n) is 5.29. The first kappa shape index (κ1) is 18.2. The highest BCUT2D eigenvalue weighted by Gasteiger charge is 2.14. The summed E-state index contributed by atoms with van der Waals surface area (Å²) in [5.74, 6) is 0.961. The third-order valence-corrected chi connectivity index (χ3v) is 6.14. The van der Waals surface area contributed by atoms with Crippen molar-refractivity contribution in [1.29, 1.82) is 0 Å².